The van der Waals surface area contributed by atoms with Crippen LogP contribution >= 0.6 is 0 Å². The van der Waals surface area contributed by atoms with Crippen molar-refractivity contribution in [1.82, 2.24) is 9.78 Å². The molecule has 1 aromatic carbocycles. The normalized spacial score (nSPS) is 12.4. The number of para-hydroxylation sites is 1. The van der Waals surface area contributed by atoms with Crippen LogP contribution < -0.4 is 11.1 Å². The van der Waals surface area contributed by atoms with Gasteiger partial charge in [-0.25, -0.2) is 0 Å². The smallest absolute Gasteiger partial charge is 0.0667 e. The van der Waals surface area contributed by atoms with Crippen LogP contribution in [0.5, 0.6) is 0 Å². The van der Waals surface area contributed by atoms with E-state index in [4.69, 9.17) is 5.73 Å². The van der Waals surface area contributed by atoms with Gasteiger partial charge in [0.15, 0.2) is 0 Å². The van der Waals surface area contributed by atoms with Crippen molar-refractivity contribution in [2.24, 2.45) is 5.73 Å². The van der Waals surface area contributed by atoms with Crippen molar-refractivity contribution in [2.75, 3.05) is 11.9 Å². The molecule has 3 N–H and O–H groups in total. The van der Waals surface area contributed by atoms with Crippen LogP contribution in [0.4, 0.5) is 5.69 Å². The summed E-state index contributed by atoms with van der Waals surface area (Å²) >= 11 is 0. The minimum absolute atomic E-state index is 0.103. The molecule has 1 heterocycles. The number of nitrogens with two attached hydrogens (primary N) is 1. The molecular weight excluding hydrogens is 224 g/mol. The Morgan fingerprint density at radius 2 is 2.17 bits per heavy atom. The van der Waals surface area contributed by atoms with Crippen LogP contribution in [0, 0.1) is 6.92 Å². The molecule has 4 heteroatoms. The zero-order valence-corrected chi connectivity index (χ0v) is 10.9. The second kappa shape index (κ2) is 5.69. The summed E-state index contributed by atoms with van der Waals surface area (Å²) < 4.78 is 1.91. The number of rotatable bonds is 5. The summed E-state index contributed by atoms with van der Waals surface area (Å²) in [5.74, 6) is 0. The van der Waals surface area contributed by atoms with E-state index < -0.39 is 0 Å². The van der Waals surface area contributed by atoms with Gasteiger partial charge in [-0.15, -0.1) is 0 Å². The van der Waals surface area contributed by atoms with Gasteiger partial charge in [0.2, 0.25) is 0 Å². The van der Waals surface area contributed by atoms with Gasteiger partial charge in [-0.3, -0.25) is 4.68 Å². The zero-order valence-electron chi connectivity index (χ0n) is 10.9. The SMILES string of the molecule is CCn1cc(C(CN)Nc2ccccc2C)cn1. The van der Waals surface area contributed by atoms with Crippen LogP contribution in [0.3, 0.4) is 0 Å². The number of aromatic nitrogens is 2. The predicted molar refractivity (Wildman–Crippen MR) is 74.5 cm³/mol. The highest BCUT2D eigenvalue weighted by Crippen LogP contribution is 2.21. The minimum Gasteiger partial charge on any atom is -0.377 e. The van der Waals surface area contributed by atoms with Crippen LogP contribution in [0.25, 0.3) is 0 Å². The van der Waals surface area contributed by atoms with Gasteiger partial charge in [0, 0.05) is 30.5 Å². The molecule has 2 rings (SSSR count). The highest BCUT2D eigenvalue weighted by atomic mass is 15.3. The van der Waals surface area contributed by atoms with E-state index in [2.05, 4.69) is 36.4 Å². The van der Waals surface area contributed by atoms with Gasteiger partial charge in [0.05, 0.1) is 12.2 Å². The molecule has 96 valence electrons. The first-order valence-corrected chi connectivity index (χ1v) is 6.29. The molecule has 2 aromatic rings. The number of benzene rings is 1. The number of aryl methyl sites for hydroxylation is 2. The molecular formula is C14H20N4. The van der Waals surface area contributed by atoms with E-state index >= 15 is 0 Å². The average Bonchev–Trinajstić information content (AvgIpc) is 2.86. The van der Waals surface area contributed by atoms with Crippen LogP contribution in [-0.2, 0) is 6.54 Å². The lowest BCUT2D eigenvalue weighted by atomic mass is 10.1. The van der Waals surface area contributed by atoms with Gasteiger partial charge in [-0.1, -0.05) is 18.2 Å². The standard InChI is InChI=1S/C14H20N4/c1-3-18-10-12(9-16-18)14(8-15)17-13-7-5-4-6-11(13)2/h4-7,9-10,14,17H,3,8,15H2,1-2H3. The van der Waals surface area contributed by atoms with Crippen molar-refractivity contribution in [3.05, 3.63) is 47.8 Å². The number of nitrogens with one attached hydrogen (secondary N) is 1. The third kappa shape index (κ3) is 2.71. The molecule has 1 aromatic heterocycles. The maximum atomic E-state index is 5.85. The van der Waals surface area contributed by atoms with Gasteiger partial charge in [0.25, 0.3) is 0 Å². The molecule has 0 aliphatic carbocycles. The van der Waals surface area contributed by atoms with Crippen molar-refractivity contribution >= 4 is 5.69 Å². The van der Waals surface area contributed by atoms with Gasteiger partial charge in [0.1, 0.15) is 0 Å². The second-order valence-electron chi connectivity index (χ2n) is 4.38. The van der Waals surface area contributed by atoms with Crippen molar-refractivity contribution in [3.8, 4) is 0 Å². The second-order valence-corrected chi connectivity index (χ2v) is 4.38. The summed E-state index contributed by atoms with van der Waals surface area (Å²) in [6, 6.07) is 8.32. The Bertz CT molecular complexity index is 504. The Labute approximate surface area is 108 Å². The van der Waals surface area contributed by atoms with Crippen molar-refractivity contribution < 1.29 is 0 Å². The Morgan fingerprint density at radius 3 is 2.78 bits per heavy atom. The van der Waals surface area contributed by atoms with Gasteiger partial charge >= 0.3 is 0 Å². The van der Waals surface area contributed by atoms with E-state index in [-0.39, 0.29) is 6.04 Å². The lowest BCUT2D eigenvalue weighted by molar-refractivity contribution is 0.658. The quantitative estimate of drug-likeness (QED) is 0.848. The molecule has 1 atom stereocenters. The van der Waals surface area contributed by atoms with Crippen LogP contribution in [0.2, 0.25) is 0 Å². The molecule has 0 aliphatic heterocycles. The lowest BCUT2D eigenvalue weighted by Gasteiger charge is -2.18. The van der Waals surface area contributed by atoms with E-state index in [9.17, 15) is 0 Å². The Hall–Kier alpha value is -1.81. The van der Waals surface area contributed by atoms with Crippen molar-refractivity contribution in [2.45, 2.75) is 26.4 Å². The summed E-state index contributed by atoms with van der Waals surface area (Å²) in [5.41, 5.74) is 9.32. The Kier molecular flexibility index (Phi) is 3.99. The third-order valence-corrected chi connectivity index (χ3v) is 3.09. The molecule has 0 amide bonds. The number of anilines is 1. The minimum atomic E-state index is 0.103. The molecule has 0 aliphatic rings. The fraction of sp³-hybridized carbons (Fsp3) is 0.357. The van der Waals surface area contributed by atoms with E-state index in [1.165, 1.54) is 5.56 Å². The summed E-state index contributed by atoms with van der Waals surface area (Å²) in [6.45, 7) is 5.58. The highest BCUT2D eigenvalue weighted by Gasteiger charge is 2.12. The fourth-order valence-corrected chi connectivity index (χ4v) is 1.93. The van der Waals surface area contributed by atoms with E-state index in [1.54, 1.807) is 0 Å². The maximum Gasteiger partial charge on any atom is 0.0667 e. The van der Waals surface area contributed by atoms with Gasteiger partial charge < -0.3 is 11.1 Å². The summed E-state index contributed by atoms with van der Waals surface area (Å²) in [7, 11) is 0. The van der Waals surface area contributed by atoms with Crippen LogP contribution in [-0.4, -0.2) is 16.3 Å². The number of nitrogens with zero attached hydrogens (tertiary/aromatic N) is 2. The Morgan fingerprint density at radius 1 is 1.39 bits per heavy atom. The lowest BCUT2D eigenvalue weighted by Crippen LogP contribution is -2.20. The van der Waals surface area contributed by atoms with Gasteiger partial charge in [-0.05, 0) is 25.5 Å². The monoisotopic (exact) mass is 244 g/mol. The highest BCUT2D eigenvalue weighted by molar-refractivity contribution is 5.51. The fourth-order valence-electron chi connectivity index (χ4n) is 1.93. The molecule has 18 heavy (non-hydrogen) atoms. The van der Waals surface area contributed by atoms with Crippen LogP contribution in [0.15, 0.2) is 36.7 Å². The largest absolute Gasteiger partial charge is 0.377 e. The first-order chi connectivity index (χ1) is 8.74. The molecule has 0 radical (unpaired) electrons. The van der Waals surface area contributed by atoms with Crippen molar-refractivity contribution in [3.63, 3.8) is 0 Å². The molecule has 0 bridgehead atoms. The molecule has 0 saturated carbocycles. The topological polar surface area (TPSA) is 55.9 Å². The van der Waals surface area contributed by atoms with Crippen LogP contribution in [0.1, 0.15) is 24.1 Å². The predicted octanol–water partition coefficient (Wildman–Crippen LogP) is 2.32. The molecule has 1 unspecified atom stereocenters. The Balaban J connectivity index is 2.17. The molecule has 0 fully saturated rings. The van der Waals surface area contributed by atoms with E-state index in [0.29, 0.717) is 6.54 Å². The average molecular weight is 244 g/mol. The van der Waals surface area contributed by atoms with E-state index in [0.717, 1.165) is 17.8 Å². The summed E-state index contributed by atoms with van der Waals surface area (Å²) in [5, 5.41) is 7.76. The van der Waals surface area contributed by atoms with Crippen molar-refractivity contribution in [1.29, 1.82) is 0 Å². The molecule has 0 spiro atoms. The molecule has 0 saturated heterocycles. The van der Waals surface area contributed by atoms with Gasteiger partial charge in [-0.2, -0.15) is 5.10 Å². The first kappa shape index (κ1) is 12.6. The summed E-state index contributed by atoms with van der Waals surface area (Å²) in [6.07, 6.45) is 3.93. The number of hydrogen-bond donors (Lipinski definition) is 2. The molecule has 4 nitrogen and oxygen atoms in total. The third-order valence-electron chi connectivity index (χ3n) is 3.09. The number of hydrogen-bond acceptors (Lipinski definition) is 3. The zero-order chi connectivity index (χ0) is 13.0. The maximum absolute atomic E-state index is 5.85. The summed E-state index contributed by atoms with van der Waals surface area (Å²) in [4.78, 5) is 0. The first-order valence-electron chi connectivity index (χ1n) is 6.29. The van der Waals surface area contributed by atoms with E-state index in [1.807, 2.05) is 29.2 Å².